The Kier molecular flexibility index (Phi) is 4.87. The summed E-state index contributed by atoms with van der Waals surface area (Å²) in [6, 6.07) is 8.65. The van der Waals surface area contributed by atoms with Crippen molar-refractivity contribution in [2.45, 2.75) is 44.9 Å². The summed E-state index contributed by atoms with van der Waals surface area (Å²) in [6.07, 6.45) is 7.69. The topological polar surface area (TPSA) is 33.0 Å². The van der Waals surface area contributed by atoms with E-state index in [0.717, 1.165) is 35.0 Å². The minimum Gasteiger partial charge on any atom is -0.496 e. The first-order chi connectivity index (χ1) is 9.19. The first kappa shape index (κ1) is 14.4. The van der Waals surface area contributed by atoms with Crippen LogP contribution in [0.1, 0.15) is 44.1 Å². The van der Waals surface area contributed by atoms with Crippen LogP contribution in [-0.4, -0.2) is 7.11 Å². The number of halogens is 1. The van der Waals surface area contributed by atoms with Crippen molar-refractivity contribution < 1.29 is 4.74 Å². The molecule has 19 heavy (non-hydrogen) atoms. The molecule has 1 aromatic carbocycles. The predicted octanol–water partition coefficient (Wildman–Crippen LogP) is 4.86. The summed E-state index contributed by atoms with van der Waals surface area (Å²) in [7, 11) is 1.69. The van der Waals surface area contributed by atoms with Crippen molar-refractivity contribution in [3.05, 3.63) is 28.2 Å². The zero-order valence-electron chi connectivity index (χ0n) is 11.4. The van der Waals surface area contributed by atoms with Gasteiger partial charge in [-0.05, 0) is 43.0 Å². The molecule has 1 saturated carbocycles. The fraction of sp³-hybridized carbons (Fsp3) is 0.562. The van der Waals surface area contributed by atoms with E-state index >= 15 is 0 Å². The molecule has 0 saturated heterocycles. The van der Waals surface area contributed by atoms with Crippen LogP contribution in [0, 0.1) is 16.7 Å². The monoisotopic (exact) mass is 321 g/mol. The number of nitrogens with zero attached hydrogens (tertiary/aromatic N) is 1. The Morgan fingerprint density at radius 2 is 1.95 bits per heavy atom. The van der Waals surface area contributed by atoms with Crippen LogP contribution < -0.4 is 4.74 Å². The Hall–Kier alpha value is -1.01. The fourth-order valence-electron chi connectivity index (χ4n) is 2.98. The van der Waals surface area contributed by atoms with Gasteiger partial charge in [-0.1, -0.05) is 41.6 Å². The second-order valence-electron chi connectivity index (χ2n) is 5.44. The van der Waals surface area contributed by atoms with Crippen LogP contribution in [0.15, 0.2) is 22.7 Å². The quantitative estimate of drug-likeness (QED) is 0.744. The maximum absolute atomic E-state index is 9.66. The molecule has 1 aliphatic rings. The minimum atomic E-state index is -0.204. The molecule has 0 N–H and O–H groups in total. The van der Waals surface area contributed by atoms with Crippen LogP contribution >= 0.6 is 15.9 Å². The van der Waals surface area contributed by atoms with Crippen LogP contribution in [0.25, 0.3) is 0 Å². The van der Waals surface area contributed by atoms with Gasteiger partial charge >= 0.3 is 0 Å². The average molecular weight is 322 g/mol. The molecule has 0 aliphatic heterocycles. The van der Waals surface area contributed by atoms with Crippen molar-refractivity contribution in [2.24, 2.45) is 5.41 Å². The van der Waals surface area contributed by atoms with Crippen molar-refractivity contribution in [1.29, 1.82) is 5.26 Å². The van der Waals surface area contributed by atoms with Gasteiger partial charge in [0.2, 0.25) is 0 Å². The van der Waals surface area contributed by atoms with Gasteiger partial charge in [0.1, 0.15) is 5.75 Å². The van der Waals surface area contributed by atoms with Gasteiger partial charge in [0.05, 0.1) is 18.6 Å². The molecule has 0 amide bonds. The number of hydrogen-bond donors (Lipinski definition) is 0. The second-order valence-corrected chi connectivity index (χ2v) is 6.35. The lowest BCUT2D eigenvalue weighted by molar-refractivity contribution is 0.330. The van der Waals surface area contributed by atoms with Crippen LogP contribution in [0.5, 0.6) is 5.75 Å². The molecule has 0 heterocycles. The molecule has 0 unspecified atom stereocenters. The molecule has 0 aromatic heterocycles. The van der Waals surface area contributed by atoms with Crippen LogP contribution in [0.2, 0.25) is 0 Å². The molecule has 102 valence electrons. The van der Waals surface area contributed by atoms with Gasteiger partial charge in [0.25, 0.3) is 0 Å². The van der Waals surface area contributed by atoms with Crippen LogP contribution in [0.3, 0.4) is 0 Å². The zero-order chi connectivity index (χ0) is 13.7. The minimum absolute atomic E-state index is 0.204. The van der Waals surface area contributed by atoms with E-state index in [2.05, 4.69) is 28.1 Å². The number of benzene rings is 1. The molecule has 0 bridgehead atoms. The molecular formula is C16H20BrNO. The predicted molar refractivity (Wildman–Crippen MR) is 80.1 cm³/mol. The van der Waals surface area contributed by atoms with Crippen molar-refractivity contribution in [3.63, 3.8) is 0 Å². The van der Waals surface area contributed by atoms with Crippen LogP contribution in [0.4, 0.5) is 0 Å². The Morgan fingerprint density at radius 1 is 1.26 bits per heavy atom. The standard InChI is InChI=1S/C16H20BrNO/c1-19-15-7-6-14(17)10-13(15)11-16(12-18)8-4-2-3-5-9-16/h6-7,10H,2-5,8-9,11H2,1H3. The Labute approximate surface area is 123 Å². The van der Waals surface area contributed by atoms with E-state index in [1.165, 1.54) is 25.7 Å². The molecule has 1 aromatic rings. The summed E-state index contributed by atoms with van der Waals surface area (Å²) in [5, 5.41) is 9.66. The van der Waals surface area contributed by atoms with Gasteiger partial charge in [-0.3, -0.25) is 0 Å². The summed E-state index contributed by atoms with van der Waals surface area (Å²) >= 11 is 3.51. The lowest BCUT2D eigenvalue weighted by atomic mass is 9.76. The fourth-order valence-corrected chi connectivity index (χ4v) is 3.39. The third-order valence-electron chi connectivity index (χ3n) is 4.07. The van der Waals surface area contributed by atoms with E-state index in [1.807, 2.05) is 12.1 Å². The molecular weight excluding hydrogens is 302 g/mol. The zero-order valence-corrected chi connectivity index (χ0v) is 13.0. The van der Waals surface area contributed by atoms with E-state index in [1.54, 1.807) is 7.11 Å². The molecule has 0 atom stereocenters. The lowest BCUT2D eigenvalue weighted by Gasteiger charge is -2.25. The van der Waals surface area contributed by atoms with Gasteiger partial charge in [0, 0.05) is 4.47 Å². The largest absolute Gasteiger partial charge is 0.496 e. The van der Waals surface area contributed by atoms with Crippen molar-refractivity contribution in [3.8, 4) is 11.8 Å². The Balaban J connectivity index is 2.27. The highest BCUT2D eigenvalue weighted by Gasteiger charge is 2.32. The van der Waals surface area contributed by atoms with Gasteiger partial charge < -0.3 is 4.74 Å². The second kappa shape index (κ2) is 6.43. The van der Waals surface area contributed by atoms with Gasteiger partial charge in [0.15, 0.2) is 0 Å². The summed E-state index contributed by atoms with van der Waals surface area (Å²) in [5.74, 6) is 0.891. The van der Waals surface area contributed by atoms with E-state index in [4.69, 9.17) is 4.74 Å². The van der Waals surface area contributed by atoms with Crippen LogP contribution in [-0.2, 0) is 6.42 Å². The Morgan fingerprint density at radius 3 is 2.53 bits per heavy atom. The average Bonchev–Trinajstić information content (AvgIpc) is 2.65. The third kappa shape index (κ3) is 3.51. The molecule has 2 nitrogen and oxygen atoms in total. The first-order valence-corrected chi connectivity index (χ1v) is 7.72. The van der Waals surface area contributed by atoms with Gasteiger partial charge in [-0.2, -0.15) is 5.26 Å². The summed E-state index contributed by atoms with van der Waals surface area (Å²) in [5.41, 5.74) is 0.935. The molecule has 2 rings (SSSR count). The highest BCUT2D eigenvalue weighted by atomic mass is 79.9. The summed E-state index contributed by atoms with van der Waals surface area (Å²) in [4.78, 5) is 0. The highest BCUT2D eigenvalue weighted by Crippen LogP contribution is 2.39. The molecule has 0 spiro atoms. The maximum Gasteiger partial charge on any atom is 0.122 e. The normalized spacial score (nSPS) is 18.4. The van der Waals surface area contributed by atoms with Crippen molar-refractivity contribution in [2.75, 3.05) is 7.11 Å². The number of ether oxygens (including phenoxy) is 1. The molecule has 3 heteroatoms. The van der Waals surface area contributed by atoms with Gasteiger partial charge in [-0.25, -0.2) is 0 Å². The highest BCUT2D eigenvalue weighted by molar-refractivity contribution is 9.10. The molecule has 1 aliphatic carbocycles. The van der Waals surface area contributed by atoms with Gasteiger partial charge in [-0.15, -0.1) is 0 Å². The van der Waals surface area contributed by atoms with Crippen molar-refractivity contribution >= 4 is 15.9 Å². The number of rotatable bonds is 3. The van der Waals surface area contributed by atoms with E-state index in [9.17, 15) is 5.26 Å². The first-order valence-electron chi connectivity index (χ1n) is 6.93. The van der Waals surface area contributed by atoms with E-state index in [0.29, 0.717) is 0 Å². The molecule has 1 fully saturated rings. The SMILES string of the molecule is COc1ccc(Br)cc1CC1(C#N)CCCCCC1. The van der Waals surface area contributed by atoms with E-state index in [-0.39, 0.29) is 5.41 Å². The number of hydrogen-bond acceptors (Lipinski definition) is 2. The third-order valence-corrected chi connectivity index (χ3v) is 4.56. The Bertz CT molecular complexity index is 470. The number of methoxy groups -OCH3 is 1. The smallest absolute Gasteiger partial charge is 0.122 e. The summed E-state index contributed by atoms with van der Waals surface area (Å²) < 4.78 is 6.48. The van der Waals surface area contributed by atoms with Crippen molar-refractivity contribution in [1.82, 2.24) is 0 Å². The lowest BCUT2D eigenvalue weighted by Crippen LogP contribution is -2.21. The number of nitriles is 1. The molecule has 0 radical (unpaired) electrons. The maximum atomic E-state index is 9.66. The van der Waals surface area contributed by atoms with E-state index < -0.39 is 0 Å². The summed E-state index contributed by atoms with van der Waals surface area (Å²) in [6.45, 7) is 0.